The molecule has 1 fully saturated rings. The third-order valence-corrected chi connectivity index (χ3v) is 6.00. The van der Waals surface area contributed by atoms with Crippen LogP contribution in [0.3, 0.4) is 0 Å². The number of nitrogens with one attached hydrogen (secondary N) is 1. The molecule has 0 aromatic heterocycles. The molecular weight excluding hydrogens is 379 g/mol. The molecule has 28 heavy (non-hydrogen) atoms. The third kappa shape index (κ3) is 4.91. The summed E-state index contributed by atoms with van der Waals surface area (Å²) in [6.45, 7) is 4.67. The predicted octanol–water partition coefficient (Wildman–Crippen LogP) is 3.89. The number of carboxylic acids is 1. The molecule has 0 radical (unpaired) electrons. The number of likely N-dealkylation sites (tertiary alicyclic amines) is 1. The van der Waals surface area contributed by atoms with Gasteiger partial charge in [-0.3, -0.25) is 9.69 Å². The minimum atomic E-state index is -1.10. The number of hydrogen-bond donors (Lipinski definition) is 2. The molecule has 1 aliphatic rings. The van der Waals surface area contributed by atoms with Crippen LogP contribution >= 0.6 is 11.8 Å². The van der Waals surface area contributed by atoms with Gasteiger partial charge in [0.2, 0.25) is 0 Å². The molecule has 148 valence electrons. The van der Waals surface area contributed by atoms with Gasteiger partial charge in [-0.15, -0.1) is 0 Å². The number of carbonyl (C=O) groups excluding carboxylic acids is 1. The Bertz CT molecular complexity index is 857. The average Bonchev–Trinajstić information content (AvgIpc) is 3.15. The van der Waals surface area contributed by atoms with Crippen LogP contribution in [0.5, 0.6) is 0 Å². The van der Waals surface area contributed by atoms with Crippen LogP contribution in [-0.4, -0.2) is 47.6 Å². The second-order valence-corrected chi connectivity index (χ2v) is 7.82. The minimum Gasteiger partial charge on any atom is -0.478 e. The molecule has 3 rings (SSSR count). The van der Waals surface area contributed by atoms with Gasteiger partial charge in [0.15, 0.2) is 0 Å². The van der Waals surface area contributed by atoms with Gasteiger partial charge in [-0.2, -0.15) is 0 Å². The molecule has 1 atom stereocenters. The molecule has 2 aromatic carbocycles. The van der Waals surface area contributed by atoms with E-state index >= 15 is 0 Å². The summed E-state index contributed by atoms with van der Waals surface area (Å²) < 4.78 is 13.1. The lowest BCUT2D eigenvalue weighted by atomic mass is 10.1. The summed E-state index contributed by atoms with van der Waals surface area (Å²) in [6, 6.07) is 10.8. The number of benzene rings is 2. The van der Waals surface area contributed by atoms with Gasteiger partial charge in [0.1, 0.15) is 5.82 Å². The molecule has 0 aliphatic carbocycles. The first-order valence-electron chi connectivity index (χ1n) is 9.31. The highest BCUT2D eigenvalue weighted by Gasteiger charge is 2.23. The van der Waals surface area contributed by atoms with Crippen LogP contribution in [0.4, 0.5) is 4.39 Å². The largest absolute Gasteiger partial charge is 0.478 e. The molecule has 1 aliphatic heterocycles. The van der Waals surface area contributed by atoms with Crippen molar-refractivity contribution in [3.63, 3.8) is 0 Å². The summed E-state index contributed by atoms with van der Waals surface area (Å²) in [5.74, 6) is -1.73. The van der Waals surface area contributed by atoms with E-state index in [1.165, 1.54) is 30.0 Å². The molecule has 2 aromatic rings. The first-order chi connectivity index (χ1) is 13.5. The predicted molar refractivity (Wildman–Crippen MR) is 107 cm³/mol. The van der Waals surface area contributed by atoms with Gasteiger partial charge in [-0.05, 0) is 68.4 Å². The van der Waals surface area contributed by atoms with Gasteiger partial charge < -0.3 is 10.4 Å². The molecule has 2 N–H and O–H groups in total. The van der Waals surface area contributed by atoms with Crippen molar-refractivity contribution in [3.8, 4) is 0 Å². The summed E-state index contributed by atoms with van der Waals surface area (Å²) in [5.41, 5.74) is 0.375. The Morgan fingerprint density at radius 2 is 2.00 bits per heavy atom. The first kappa shape index (κ1) is 20.4. The summed E-state index contributed by atoms with van der Waals surface area (Å²) in [6.07, 6.45) is 2.19. The molecule has 0 bridgehead atoms. The van der Waals surface area contributed by atoms with Crippen LogP contribution in [-0.2, 0) is 0 Å². The average molecular weight is 402 g/mol. The number of rotatable bonds is 7. The summed E-state index contributed by atoms with van der Waals surface area (Å²) in [4.78, 5) is 27.8. The van der Waals surface area contributed by atoms with Gasteiger partial charge in [-0.25, -0.2) is 9.18 Å². The lowest BCUT2D eigenvalue weighted by Crippen LogP contribution is -2.40. The van der Waals surface area contributed by atoms with E-state index in [0.717, 1.165) is 30.8 Å². The summed E-state index contributed by atoms with van der Waals surface area (Å²) >= 11 is 1.22. The fourth-order valence-electron chi connectivity index (χ4n) is 3.41. The van der Waals surface area contributed by atoms with Crippen LogP contribution in [0.15, 0.2) is 52.3 Å². The number of amides is 1. The van der Waals surface area contributed by atoms with E-state index in [1.807, 2.05) is 0 Å². The Kier molecular flexibility index (Phi) is 6.70. The number of likely N-dealkylation sites (N-methyl/N-ethyl adjacent to an activating group) is 1. The number of carboxylic acid groups (broad SMARTS) is 1. The fraction of sp³-hybridized carbons (Fsp3) is 0.333. The van der Waals surface area contributed by atoms with Crippen LogP contribution < -0.4 is 5.32 Å². The number of halogens is 1. The second kappa shape index (κ2) is 9.21. The van der Waals surface area contributed by atoms with E-state index in [4.69, 9.17) is 0 Å². The Morgan fingerprint density at radius 1 is 1.25 bits per heavy atom. The maximum Gasteiger partial charge on any atom is 0.336 e. The summed E-state index contributed by atoms with van der Waals surface area (Å²) in [5, 5.41) is 12.5. The zero-order valence-electron chi connectivity index (χ0n) is 15.7. The highest BCUT2D eigenvalue weighted by atomic mass is 32.2. The van der Waals surface area contributed by atoms with E-state index in [0.29, 0.717) is 23.0 Å². The van der Waals surface area contributed by atoms with Gasteiger partial charge in [-0.1, -0.05) is 18.7 Å². The van der Waals surface area contributed by atoms with E-state index < -0.39 is 5.97 Å². The van der Waals surface area contributed by atoms with Crippen LogP contribution in [0.2, 0.25) is 0 Å². The number of nitrogens with zero attached hydrogens (tertiary/aromatic N) is 1. The first-order valence-corrected chi connectivity index (χ1v) is 10.1. The van der Waals surface area contributed by atoms with Gasteiger partial charge in [0.05, 0.1) is 5.56 Å². The lowest BCUT2D eigenvalue weighted by molar-refractivity contribution is 0.0693. The van der Waals surface area contributed by atoms with Crippen LogP contribution in [0, 0.1) is 5.82 Å². The number of carbonyl (C=O) groups is 2. The van der Waals surface area contributed by atoms with E-state index in [9.17, 15) is 19.1 Å². The van der Waals surface area contributed by atoms with E-state index in [2.05, 4.69) is 17.1 Å². The fourth-order valence-corrected chi connectivity index (χ4v) is 4.33. The summed E-state index contributed by atoms with van der Waals surface area (Å²) in [7, 11) is 0. The Hall–Kier alpha value is -2.38. The van der Waals surface area contributed by atoms with Gasteiger partial charge in [0, 0.05) is 27.9 Å². The molecule has 7 heteroatoms. The van der Waals surface area contributed by atoms with Crippen molar-refractivity contribution >= 4 is 23.6 Å². The zero-order chi connectivity index (χ0) is 20.1. The van der Waals surface area contributed by atoms with Crippen molar-refractivity contribution in [3.05, 3.63) is 59.4 Å². The van der Waals surface area contributed by atoms with Gasteiger partial charge in [0.25, 0.3) is 5.91 Å². The quantitative estimate of drug-likeness (QED) is 0.735. The molecular formula is C21H23FN2O3S. The molecule has 1 unspecified atom stereocenters. The standard InChI is InChI=1S/C21H23FN2O3S/c1-2-24-11-3-4-16(24)13-23-20(25)14-5-10-19(18(12-14)21(26)27)28-17-8-6-15(22)7-9-17/h5-10,12,16H,2-4,11,13H2,1H3,(H,23,25)(H,26,27). The van der Waals surface area contributed by atoms with Crippen molar-refractivity contribution < 1.29 is 19.1 Å². The molecule has 0 saturated carbocycles. The van der Waals surface area contributed by atoms with Crippen LogP contribution in [0.1, 0.15) is 40.5 Å². The van der Waals surface area contributed by atoms with Crippen molar-refractivity contribution in [1.29, 1.82) is 0 Å². The molecule has 5 nitrogen and oxygen atoms in total. The van der Waals surface area contributed by atoms with E-state index in [1.54, 1.807) is 24.3 Å². The molecule has 1 heterocycles. The van der Waals surface area contributed by atoms with Crippen molar-refractivity contribution in [2.75, 3.05) is 19.6 Å². The van der Waals surface area contributed by atoms with Gasteiger partial charge >= 0.3 is 5.97 Å². The maximum atomic E-state index is 13.1. The molecule has 1 amide bonds. The Morgan fingerprint density at radius 3 is 2.68 bits per heavy atom. The van der Waals surface area contributed by atoms with Crippen molar-refractivity contribution in [1.82, 2.24) is 10.2 Å². The Balaban J connectivity index is 1.71. The topological polar surface area (TPSA) is 69.6 Å². The smallest absolute Gasteiger partial charge is 0.336 e. The third-order valence-electron chi connectivity index (χ3n) is 4.92. The maximum absolute atomic E-state index is 13.1. The lowest BCUT2D eigenvalue weighted by Gasteiger charge is -2.22. The zero-order valence-corrected chi connectivity index (χ0v) is 16.5. The minimum absolute atomic E-state index is 0.0537. The number of aromatic carboxylic acids is 1. The molecule has 0 spiro atoms. The highest BCUT2D eigenvalue weighted by molar-refractivity contribution is 7.99. The van der Waals surface area contributed by atoms with E-state index in [-0.39, 0.29) is 17.3 Å². The molecule has 1 saturated heterocycles. The monoisotopic (exact) mass is 402 g/mol. The Labute approximate surface area is 167 Å². The SMILES string of the molecule is CCN1CCCC1CNC(=O)c1ccc(Sc2ccc(F)cc2)c(C(=O)O)c1. The number of hydrogen-bond acceptors (Lipinski definition) is 4. The van der Waals surface area contributed by atoms with Crippen molar-refractivity contribution in [2.45, 2.75) is 35.6 Å². The van der Waals surface area contributed by atoms with Crippen LogP contribution in [0.25, 0.3) is 0 Å². The highest BCUT2D eigenvalue weighted by Crippen LogP contribution is 2.31. The normalized spacial score (nSPS) is 16.9. The second-order valence-electron chi connectivity index (χ2n) is 6.71. The van der Waals surface area contributed by atoms with Crippen molar-refractivity contribution in [2.24, 2.45) is 0 Å².